The summed E-state index contributed by atoms with van der Waals surface area (Å²) in [7, 11) is 0. The van der Waals surface area contributed by atoms with Crippen molar-refractivity contribution in [3.63, 3.8) is 0 Å². The van der Waals surface area contributed by atoms with Gasteiger partial charge in [-0.3, -0.25) is 4.79 Å². The van der Waals surface area contributed by atoms with Gasteiger partial charge in [0.1, 0.15) is 12.4 Å². The maximum atomic E-state index is 14.1. The zero-order valence-electron chi connectivity index (χ0n) is 19.4. The van der Waals surface area contributed by atoms with Crippen LogP contribution in [0.15, 0.2) is 71.8 Å². The Labute approximate surface area is 203 Å². The largest absolute Gasteiger partial charge is 0.348 e. The van der Waals surface area contributed by atoms with Crippen LogP contribution >= 0.6 is 11.8 Å². The predicted molar refractivity (Wildman–Crippen MR) is 133 cm³/mol. The minimum atomic E-state index is -0.405. The standard InChI is InChI=1S/C26H29FN4O2S/c1-3-13-30(26(33)28-21-9-11-22(34-2)12-10-21)18-24(32)31-16-15-29-14-5-8-23(29)25(31)19-6-4-7-20(27)17-19/h4-12,14,17,25H,3,13,15-16,18H2,1-2H3,(H,28,33)/t25-/m0/s1. The van der Waals surface area contributed by atoms with E-state index in [4.69, 9.17) is 0 Å². The second-order valence-corrected chi connectivity index (χ2v) is 9.13. The molecule has 0 unspecified atom stereocenters. The fraction of sp³-hybridized carbons (Fsp3) is 0.308. The van der Waals surface area contributed by atoms with Crippen molar-refractivity contribution in [3.8, 4) is 0 Å². The van der Waals surface area contributed by atoms with Crippen molar-refractivity contribution in [2.24, 2.45) is 0 Å². The Balaban J connectivity index is 1.53. The molecule has 0 saturated heterocycles. The van der Waals surface area contributed by atoms with E-state index in [0.717, 1.165) is 17.0 Å². The molecule has 2 aromatic carbocycles. The molecule has 1 aliphatic heterocycles. The number of benzene rings is 2. The molecule has 3 aromatic rings. The highest BCUT2D eigenvalue weighted by Crippen LogP contribution is 2.33. The van der Waals surface area contributed by atoms with Gasteiger partial charge in [-0.05, 0) is 66.8 Å². The molecular weight excluding hydrogens is 451 g/mol. The Morgan fingerprint density at radius 3 is 2.62 bits per heavy atom. The van der Waals surface area contributed by atoms with E-state index in [2.05, 4.69) is 9.88 Å². The molecule has 8 heteroatoms. The Morgan fingerprint density at radius 1 is 1.12 bits per heavy atom. The molecule has 0 radical (unpaired) electrons. The van der Waals surface area contributed by atoms with Crippen molar-refractivity contribution < 1.29 is 14.0 Å². The number of aromatic nitrogens is 1. The van der Waals surface area contributed by atoms with Crippen molar-refractivity contribution in [1.29, 1.82) is 0 Å². The monoisotopic (exact) mass is 480 g/mol. The third kappa shape index (κ3) is 5.28. The van der Waals surface area contributed by atoms with Crippen LogP contribution in [-0.2, 0) is 11.3 Å². The van der Waals surface area contributed by atoms with Crippen LogP contribution in [0, 0.1) is 5.82 Å². The molecule has 6 nitrogen and oxygen atoms in total. The first kappa shape index (κ1) is 23.9. The number of nitrogens with one attached hydrogen (secondary N) is 1. The zero-order valence-corrected chi connectivity index (χ0v) is 20.2. The molecule has 4 rings (SSSR count). The predicted octanol–water partition coefficient (Wildman–Crippen LogP) is 5.22. The molecule has 1 aliphatic rings. The minimum Gasteiger partial charge on any atom is -0.348 e. The minimum absolute atomic E-state index is 0.0465. The van der Waals surface area contributed by atoms with Crippen molar-refractivity contribution in [1.82, 2.24) is 14.4 Å². The van der Waals surface area contributed by atoms with Crippen molar-refractivity contribution in [2.45, 2.75) is 30.8 Å². The number of anilines is 1. The molecule has 34 heavy (non-hydrogen) atoms. The van der Waals surface area contributed by atoms with E-state index < -0.39 is 6.04 Å². The van der Waals surface area contributed by atoms with Crippen molar-refractivity contribution in [3.05, 3.63) is 83.9 Å². The van der Waals surface area contributed by atoms with Crippen LogP contribution < -0.4 is 5.32 Å². The third-order valence-electron chi connectivity index (χ3n) is 5.97. The average Bonchev–Trinajstić information content (AvgIpc) is 3.32. The molecule has 1 N–H and O–H groups in total. The molecule has 1 aromatic heterocycles. The Hall–Kier alpha value is -3.26. The molecular formula is C26H29FN4O2S. The number of thioether (sulfide) groups is 1. The SMILES string of the molecule is CCCN(CC(=O)N1CCn2cccc2[C@@H]1c1cccc(F)c1)C(=O)Nc1ccc(SC)cc1. The van der Waals surface area contributed by atoms with Crippen molar-refractivity contribution in [2.75, 3.05) is 31.2 Å². The first-order valence-electron chi connectivity index (χ1n) is 11.4. The number of halogens is 1. The molecule has 2 heterocycles. The second kappa shape index (κ2) is 10.8. The lowest BCUT2D eigenvalue weighted by molar-refractivity contribution is -0.134. The number of hydrogen-bond acceptors (Lipinski definition) is 3. The molecule has 0 saturated carbocycles. The van der Waals surface area contributed by atoms with E-state index in [0.29, 0.717) is 30.9 Å². The van der Waals surface area contributed by atoms with Crippen LogP contribution in [0.4, 0.5) is 14.9 Å². The maximum absolute atomic E-state index is 14.1. The van der Waals surface area contributed by atoms with Gasteiger partial charge >= 0.3 is 6.03 Å². The van der Waals surface area contributed by atoms with E-state index in [-0.39, 0.29) is 24.3 Å². The molecule has 0 fully saturated rings. The number of fused-ring (bicyclic) bond motifs is 1. The van der Waals surface area contributed by atoms with Gasteiger partial charge in [0.15, 0.2) is 0 Å². The lowest BCUT2D eigenvalue weighted by Gasteiger charge is -2.38. The summed E-state index contributed by atoms with van der Waals surface area (Å²) in [6.07, 6.45) is 4.70. The lowest BCUT2D eigenvalue weighted by Crippen LogP contribution is -2.48. The van der Waals surface area contributed by atoms with Crippen LogP contribution in [0.2, 0.25) is 0 Å². The first-order valence-corrected chi connectivity index (χ1v) is 12.6. The molecule has 0 aliphatic carbocycles. The van der Waals surface area contributed by atoms with Gasteiger partial charge in [-0.1, -0.05) is 19.1 Å². The lowest BCUT2D eigenvalue weighted by atomic mass is 9.99. The Kier molecular flexibility index (Phi) is 7.57. The number of urea groups is 1. The third-order valence-corrected chi connectivity index (χ3v) is 6.71. The van der Waals surface area contributed by atoms with Gasteiger partial charge in [-0.25, -0.2) is 9.18 Å². The van der Waals surface area contributed by atoms with Crippen LogP contribution in [0.1, 0.15) is 30.6 Å². The normalized spacial score (nSPS) is 15.0. The number of carbonyl (C=O) groups is 2. The fourth-order valence-electron chi connectivity index (χ4n) is 4.33. The van der Waals surface area contributed by atoms with E-state index in [1.165, 1.54) is 12.1 Å². The van der Waals surface area contributed by atoms with Crippen LogP contribution in [0.25, 0.3) is 0 Å². The molecule has 0 bridgehead atoms. The first-order chi connectivity index (χ1) is 16.5. The summed E-state index contributed by atoms with van der Waals surface area (Å²) in [5, 5.41) is 2.90. The topological polar surface area (TPSA) is 57.6 Å². The maximum Gasteiger partial charge on any atom is 0.322 e. The number of nitrogens with zero attached hydrogens (tertiary/aromatic N) is 3. The zero-order chi connectivity index (χ0) is 24.1. The fourth-order valence-corrected chi connectivity index (χ4v) is 4.74. The van der Waals surface area contributed by atoms with Gasteiger partial charge in [0.25, 0.3) is 0 Å². The Bertz CT molecular complexity index is 1150. The molecule has 3 amide bonds. The highest BCUT2D eigenvalue weighted by Gasteiger charge is 2.33. The van der Waals surface area contributed by atoms with Gasteiger partial charge in [0.2, 0.25) is 5.91 Å². The average molecular weight is 481 g/mol. The van der Waals surface area contributed by atoms with Crippen molar-refractivity contribution >= 4 is 29.4 Å². The van der Waals surface area contributed by atoms with Gasteiger partial charge in [-0.2, -0.15) is 0 Å². The molecule has 178 valence electrons. The van der Waals surface area contributed by atoms with Gasteiger partial charge in [0, 0.05) is 42.1 Å². The van der Waals surface area contributed by atoms with E-state index in [9.17, 15) is 14.0 Å². The Morgan fingerprint density at radius 2 is 1.91 bits per heavy atom. The van der Waals surface area contributed by atoms with E-state index >= 15 is 0 Å². The summed E-state index contributed by atoms with van der Waals surface area (Å²) in [4.78, 5) is 30.9. The molecule has 0 spiro atoms. The summed E-state index contributed by atoms with van der Waals surface area (Å²) < 4.78 is 16.1. The highest BCUT2D eigenvalue weighted by atomic mass is 32.2. The van der Waals surface area contributed by atoms with Gasteiger partial charge in [0.05, 0.1) is 6.04 Å². The summed E-state index contributed by atoms with van der Waals surface area (Å²) >= 11 is 1.63. The summed E-state index contributed by atoms with van der Waals surface area (Å²) in [5.74, 6) is -0.504. The van der Waals surface area contributed by atoms with E-state index in [1.807, 2.05) is 61.8 Å². The number of amides is 3. The van der Waals surface area contributed by atoms with Crippen LogP contribution in [0.3, 0.4) is 0 Å². The van der Waals surface area contributed by atoms with Crippen LogP contribution in [-0.4, -0.2) is 52.2 Å². The summed E-state index contributed by atoms with van der Waals surface area (Å²) in [6, 6.07) is 17.2. The number of carbonyl (C=O) groups excluding carboxylic acids is 2. The van der Waals surface area contributed by atoms with Gasteiger partial charge < -0.3 is 19.7 Å². The quantitative estimate of drug-likeness (QED) is 0.472. The summed E-state index contributed by atoms with van der Waals surface area (Å²) in [6.45, 7) is 3.52. The van der Waals surface area contributed by atoms with E-state index in [1.54, 1.807) is 27.6 Å². The highest BCUT2D eigenvalue weighted by molar-refractivity contribution is 7.98. The van der Waals surface area contributed by atoms with Crippen LogP contribution in [0.5, 0.6) is 0 Å². The number of rotatable bonds is 7. The summed E-state index contributed by atoms with van der Waals surface area (Å²) in [5.41, 5.74) is 2.34. The smallest absolute Gasteiger partial charge is 0.322 e. The second-order valence-electron chi connectivity index (χ2n) is 8.25. The molecule has 1 atom stereocenters. The number of hydrogen-bond donors (Lipinski definition) is 1. The van der Waals surface area contributed by atoms with Gasteiger partial charge in [-0.15, -0.1) is 11.8 Å².